The molecule has 1 heterocycles. The lowest BCUT2D eigenvalue weighted by molar-refractivity contribution is 0.0281. The van der Waals surface area contributed by atoms with Crippen LogP contribution in [0, 0.1) is 5.92 Å². The number of ether oxygens (including phenoxy) is 3. The van der Waals surface area contributed by atoms with Crippen molar-refractivity contribution in [3.8, 4) is 11.5 Å². The summed E-state index contributed by atoms with van der Waals surface area (Å²) in [4.78, 5) is 14.8. The van der Waals surface area contributed by atoms with E-state index in [9.17, 15) is 13.2 Å². The van der Waals surface area contributed by atoms with Gasteiger partial charge in [0.2, 0.25) is 0 Å². The maximum absolute atomic E-state index is 13.2. The summed E-state index contributed by atoms with van der Waals surface area (Å²) in [6.45, 7) is 5.48. The van der Waals surface area contributed by atoms with Gasteiger partial charge in [0.15, 0.2) is 0 Å². The first-order chi connectivity index (χ1) is 16.2. The summed E-state index contributed by atoms with van der Waals surface area (Å²) in [6, 6.07) is 11.0. The van der Waals surface area contributed by atoms with E-state index in [1.807, 2.05) is 6.92 Å². The minimum absolute atomic E-state index is 0.00833. The molecule has 3 rings (SSSR count). The smallest absolute Gasteiger partial charge is 0.265 e. The molecule has 1 aliphatic heterocycles. The quantitative estimate of drug-likeness (QED) is 0.662. The molecule has 0 fully saturated rings. The molecule has 0 unspecified atom stereocenters. The molecular weight excluding hydrogens is 458 g/mol. The highest BCUT2D eigenvalue weighted by atomic mass is 32.2. The fourth-order valence-electron chi connectivity index (χ4n) is 3.77. The molecule has 186 valence electrons. The number of sulfonamides is 1. The molecule has 2 aromatic rings. The van der Waals surface area contributed by atoms with Gasteiger partial charge in [-0.1, -0.05) is 19.1 Å². The van der Waals surface area contributed by atoms with Crippen LogP contribution in [0.2, 0.25) is 0 Å². The van der Waals surface area contributed by atoms with Gasteiger partial charge in [-0.2, -0.15) is 0 Å². The Morgan fingerprint density at radius 2 is 1.88 bits per heavy atom. The fraction of sp³-hybridized carbons (Fsp3) is 0.458. The number of likely N-dealkylation sites (N-methyl/N-ethyl adjacent to an activating group) is 1. The molecule has 9 nitrogen and oxygen atoms in total. The van der Waals surface area contributed by atoms with Gasteiger partial charge in [-0.25, -0.2) is 8.42 Å². The van der Waals surface area contributed by atoms with Crippen LogP contribution in [0.1, 0.15) is 24.2 Å². The van der Waals surface area contributed by atoms with Crippen LogP contribution in [-0.4, -0.2) is 72.3 Å². The Morgan fingerprint density at radius 1 is 1.15 bits per heavy atom. The zero-order valence-corrected chi connectivity index (χ0v) is 21.0. The maximum atomic E-state index is 13.2. The third-order valence-corrected chi connectivity index (χ3v) is 7.26. The molecule has 34 heavy (non-hydrogen) atoms. The predicted molar refractivity (Wildman–Crippen MR) is 130 cm³/mol. The van der Waals surface area contributed by atoms with E-state index in [0.717, 1.165) is 0 Å². The lowest BCUT2D eigenvalue weighted by Crippen LogP contribution is -2.44. The van der Waals surface area contributed by atoms with Gasteiger partial charge < -0.3 is 24.4 Å². The highest BCUT2D eigenvalue weighted by Gasteiger charge is 2.26. The van der Waals surface area contributed by atoms with E-state index in [2.05, 4.69) is 17.0 Å². The number of hydrogen-bond acceptors (Lipinski definition) is 7. The summed E-state index contributed by atoms with van der Waals surface area (Å²) in [5, 5.41) is 3.42. The van der Waals surface area contributed by atoms with E-state index in [0.29, 0.717) is 31.0 Å². The number of para-hydroxylation sites is 1. The van der Waals surface area contributed by atoms with E-state index in [-0.39, 0.29) is 40.3 Å². The Morgan fingerprint density at radius 3 is 2.59 bits per heavy atom. The third-order valence-electron chi connectivity index (χ3n) is 5.84. The van der Waals surface area contributed by atoms with Crippen molar-refractivity contribution in [1.82, 2.24) is 10.2 Å². The molecule has 0 aliphatic carbocycles. The summed E-state index contributed by atoms with van der Waals surface area (Å²) in [7, 11) is 0.842. The molecular formula is C24H33N3O6S. The predicted octanol–water partition coefficient (Wildman–Crippen LogP) is 2.59. The van der Waals surface area contributed by atoms with Gasteiger partial charge in [0, 0.05) is 39.4 Å². The SMILES string of the molecule is COc1ccccc1S(=O)(=O)Nc1ccc2c(c1)OC[C@@H](C)NC[C@H](C)[C@@H](OC)CN(C)C2=O. The number of anilines is 1. The minimum atomic E-state index is -3.93. The van der Waals surface area contributed by atoms with Crippen molar-refractivity contribution in [2.24, 2.45) is 5.92 Å². The number of methoxy groups -OCH3 is 2. The summed E-state index contributed by atoms with van der Waals surface area (Å²) < 4.78 is 45.4. The number of benzene rings is 2. The van der Waals surface area contributed by atoms with Crippen molar-refractivity contribution in [3.05, 3.63) is 48.0 Å². The van der Waals surface area contributed by atoms with Crippen LogP contribution in [0.5, 0.6) is 11.5 Å². The van der Waals surface area contributed by atoms with Gasteiger partial charge in [0.05, 0.1) is 24.5 Å². The number of nitrogens with one attached hydrogen (secondary N) is 2. The highest BCUT2D eigenvalue weighted by molar-refractivity contribution is 7.92. The van der Waals surface area contributed by atoms with Gasteiger partial charge in [-0.05, 0) is 37.1 Å². The van der Waals surface area contributed by atoms with Crippen LogP contribution < -0.4 is 19.5 Å². The topological polar surface area (TPSA) is 106 Å². The summed E-state index contributed by atoms with van der Waals surface area (Å²) in [6.07, 6.45) is -0.135. The van der Waals surface area contributed by atoms with Crippen LogP contribution in [0.25, 0.3) is 0 Å². The molecule has 1 amide bonds. The molecule has 10 heteroatoms. The standard InChI is InChI=1S/C24H33N3O6S/c1-16-13-25-17(2)15-33-21-12-18(10-11-19(21)24(28)27(3)14-22(16)32-5)26-34(29,30)23-9-7-6-8-20(23)31-4/h6-12,16-17,22,25-26H,13-15H2,1-5H3/t16-,17+,22-/m0/s1. The molecule has 0 radical (unpaired) electrons. The fourth-order valence-corrected chi connectivity index (χ4v) is 4.99. The Hall–Kier alpha value is -2.82. The number of hydrogen-bond donors (Lipinski definition) is 2. The minimum Gasteiger partial charge on any atom is -0.495 e. The van der Waals surface area contributed by atoms with E-state index in [4.69, 9.17) is 14.2 Å². The summed E-state index contributed by atoms with van der Waals surface area (Å²) >= 11 is 0. The maximum Gasteiger partial charge on any atom is 0.265 e. The van der Waals surface area contributed by atoms with Crippen LogP contribution in [0.3, 0.4) is 0 Å². The van der Waals surface area contributed by atoms with E-state index in [1.165, 1.54) is 19.2 Å². The zero-order valence-electron chi connectivity index (χ0n) is 20.2. The van der Waals surface area contributed by atoms with Gasteiger partial charge in [-0.3, -0.25) is 9.52 Å². The second-order valence-corrected chi connectivity index (χ2v) is 10.2. The molecule has 1 aliphatic rings. The Kier molecular flexibility index (Phi) is 8.40. The van der Waals surface area contributed by atoms with Crippen LogP contribution in [-0.2, 0) is 14.8 Å². The van der Waals surface area contributed by atoms with E-state index >= 15 is 0 Å². The monoisotopic (exact) mass is 491 g/mol. The Bertz CT molecular complexity index is 1110. The first-order valence-electron chi connectivity index (χ1n) is 11.1. The van der Waals surface area contributed by atoms with E-state index < -0.39 is 10.0 Å². The van der Waals surface area contributed by atoms with Crippen LogP contribution in [0.15, 0.2) is 47.4 Å². The molecule has 2 aromatic carbocycles. The Labute approximate surface area is 201 Å². The summed E-state index contributed by atoms with van der Waals surface area (Å²) in [5.41, 5.74) is 0.620. The average Bonchev–Trinajstić information content (AvgIpc) is 2.83. The van der Waals surface area contributed by atoms with Crippen molar-refractivity contribution >= 4 is 21.6 Å². The number of carbonyl (C=O) groups is 1. The van der Waals surface area contributed by atoms with Crippen molar-refractivity contribution in [2.45, 2.75) is 30.9 Å². The second kappa shape index (κ2) is 11.1. The number of rotatable bonds is 5. The number of nitrogens with zero attached hydrogens (tertiary/aromatic N) is 1. The van der Waals surface area contributed by atoms with E-state index in [1.54, 1.807) is 49.4 Å². The molecule has 2 N–H and O–H groups in total. The first kappa shape index (κ1) is 25.8. The van der Waals surface area contributed by atoms with Gasteiger partial charge in [0.25, 0.3) is 15.9 Å². The summed E-state index contributed by atoms with van der Waals surface area (Å²) in [5.74, 6) is 0.488. The highest BCUT2D eigenvalue weighted by Crippen LogP contribution is 2.29. The normalized spacial score (nSPS) is 22.1. The molecule has 0 spiro atoms. The number of amides is 1. The molecule has 0 saturated heterocycles. The van der Waals surface area contributed by atoms with Crippen LogP contribution in [0.4, 0.5) is 5.69 Å². The molecule has 0 aromatic heterocycles. The van der Waals surface area contributed by atoms with Crippen molar-refractivity contribution in [3.63, 3.8) is 0 Å². The van der Waals surface area contributed by atoms with Crippen molar-refractivity contribution in [1.29, 1.82) is 0 Å². The Balaban J connectivity index is 1.94. The lowest BCUT2D eigenvalue weighted by atomic mass is 10.0. The molecule has 0 saturated carbocycles. The molecule has 3 atom stereocenters. The van der Waals surface area contributed by atoms with Crippen LogP contribution >= 0.6 is 0 Å². The zero-order chi connectivity index (χ0) is 24.9. The number of carbonyl (C=O) groups excluding carboxylic acids is 1. The second-order valence-electron chi connectivity index (χ2n) is 8.52. The van der Waals surface area contributed by atoms with Gasteiger partial charge >= 0.3 is 0 Å². The van der Waals surface area contributed by atoms with Gasteiger partial charge in [-0.15, -0.1) is 0 Å². The number of fused-ring (bicyclic) bond motifs is 1. The average molecular weight is 492 g/mol. The van der Waals surface area contributed by atoms with Gasteiger partial charge in [0.1, 0.15) is 23.0 Å². The first-order valence-corrected chi connectivity index (χ1v) is 12.6. The largest absolute Gasteiger partial charge is 0.495 e. The molecule has 0 bridgehead atoms. The third kappa shape index (κ3) is 5.99. The van der Waals surface area contributed by atoms with Crippen molar-refractivity contribution in [2.75, 3.05) is 45.7 Å². The lowest BCUT2D eigenvalue weighted by Gasteiger charge is -2.30. The van der Waals surface area contributed by atoms with Crippen molar-refractivity contribution < 1.29 is 27.4 Å².